The Bertz CT molecular complexity index is 257. The highest BCUT2D eigenvalue weighted by molar-refractivity contribution is 6.31. The SMILES string of the molecule is CC(Cl)C(=O)NC(=O)NCCCN(C)C(C)C. The quantitative estimate of drug-likeness (QED) is 0.559. The van der Waals surface area contributed by atoms with Crippen molar-refractivity contribution in [2.45, 2.75) is 38.6 Å². The molecule has 0 aromatic rings. The number of rotatable bonds is 6. The van der Waals surface area contributed by atoms with E-state index in [2.05, 4.69) is 29.4 Å². The molecular weight excluding hydrogens is 242 g/mol. The van der Waals surface area contributed by atoms with Crippen molar-refractivity contribution in [2.75, 3.05) is 20.1 Å². The summed E-state index contributed by atoms with van der Waals surface area (Å²) in [5.74, 6) is -0.483. The van der Waals surface area contributed by atoms with E-state index in [1.165, 1.54) is 6.92 Å². The molecule has 0 saturated heterocycles. The molecule has 1 atom stereocenters. The zero-order chi connectivity index (χ0) is 13.4. The third-order valence-electron chi connectivity index (χ3n) is 2.45. The van der Waals surface area contributed by atoms with E-state index in [1.807, 2.05) is 7.05 Å². The van der Waals surface area contributed by atoms with Crippen LogP contribution in [-0.2, 0) is 4.79 Å². The second-order valence-corrected chi connectivity index (χ2v) is 4.94. The van der Waals surface area contributed by atoms with E-state index in [0.717, 1.165) is 13.0 Å². The van der Waals surface area contributed by atoms with E-state index in [4.69, 9.17) is 11.6 Å². The van der Waals surface area contributed by atoms with Gasteiger partial charge in [-0.3, -0.25) is 10.1 Å². The Morgan fingerprint density at radius 1 is 1.29 bits per heavy atom. The number of amides is 3. The fourth-order valence-electron chi connectivity index (χ4n) is 1.04. The fraction of sp³-hybridized carbons (Fsp3) is 0.818. The molecule has 2 N–H and O–H groups in total. The molecule has 17 heavy (non-hydrogen) atoms. The van der Waals surface area contributed by atoms with Crippen LogP contribution in [0.15, 0.2) is 0 Å². The predicted molar refractivity (Wildman–Crippen MR) is 69.2 cm³/mol. The lowest BCUT2D eigenvalue weighted by Gasteiger charge is -2.20. The molecule has 1 unspecified atom stereocenters. The van der Waals surface area contributed by atoms with Gasteiger partial charge in [-0.05, 0) is 40.8 Å². The van der Waals surface area contributed by atoms with Gasteiger partial charge in [0.15, 0.2) is 0 Å². The van der Waals surface area contributed by atoms with Crippen LogP contribution in [0.25, 0.3) is 0 Å². The summed E-state index contributed by atoms with van der Waals surface area (Å²) in [6.45, 7) is 7.17. The van der Waals surface area contributed by atoms with Gasteiger partial charge in [0, 0.05) is 12.6 Å². The molecule has 0 saturated carbocycles. The lowest BCUT2D eigenvalue weighted by atomic mass is 10.3. The molecule has 100 valence electrons. The number of urea groups is 1. The second-order valence-electron chi connectivity index (χ2n) is 4.29. The number of hydrogen-bond donors (Lipinski definition) is 2. The minimum absolute atomic E-state index is 0.483. The summed E-state index contributed by atoms with van der Waals surface area (Å²) < 4.78 is 0. The maximum absolute atomic E-state index is 11.2. The van der Waals surface area contributed by atoms with Gasteiger partial charge in [0.05, 0.1) is 0 Å². The summed E-state index contributed by atoms with van der Waals surface area (Å²) in [5, 5.41) is 4.06. The number of hydrogen-bond acceptors (Lipinski definition) is 3. The molecule has 0 bridgehead atoms. The zero-order valence-electron chi connectivity index (χ0n) is 10.9. The Morgan fingerprint density at radius 2 is 1.88 bits per heavy atom. The monoisotopic (exact) mass is 263 g/mol. The highest BCUT2D eigenvalue weighted by atomic mass is 35.5. The molecule has 5 nitrogen and oxygen atoms in total. The first-order valence-electron chi connectivity index (χ1n) is 5.77. The highest BCUT2D eigenvalue weighted by Crippen LogP contribution is 1.94. The summed E-state index contributed by atoms with van der Waals surface area (Å²) in [6.07, 6.45) is 0.840. The summed E-state index contributed by atoms with van der Waals surface area (Å²) in [5.41, 5.74) is 0. The molecule has 0 fully saturated rings. The van der Waals surface area contributed by atoms with Gasteiger partial charge in [0.1, 0.15) is 5.38 Å². The number of imide groups is 1. The molecular formula is C11H22ClN3O2. The Balaban J connectivity index is 3.62. The van der Waals surface area contributed by atoms with Gasteiger partial charge in [0.2, 0.25) is 5.91 Å². The van der Waals surface area contributed by atoms with E-state index >= 15 is 0 Å². The molecule has 6 heteroatoms. The van der Waals surface area contributed by atoms with Crippen molar-refractivity contribution in [1.82, 2.24) is 15.5 Å². The Morgan fingerprint density at radius 3 is 2.35 bits per heavy atom. The van der Waals surface area contributed by atoms with Crippen LogP contribution in [0, 0.1) is 0 Å². The fourth-order valence-corrected chi connectivity index (χ4v) is 1.10. The van der Waals surface area contributed by atoms with Crippen molar-refractivity contribution in [3.05, 3.63) is 0 Å². The van der Waals surface area contributed by atoms with E-state index in [1.54, 1.807) is 0 Å². The van der Waals surface area contributed by atoms with Gasteiger partial charge in [-0.25, -0.2) is 4.79 Å². The van der Waals surface area contributed by atoms with E-state index < -0.39 is 17.3 Å². The molecule has 0 aliphatic carbocycles. The van der Waals surface area contributed by atoms with E-state index in [0.29, 0.717) is 12.6 Å². The van der Waals surface area contributed by atoms with Gasteiger partial charge in [-0.15, -0.1) is 11.6 Å². The first-order chi connectivity index (χ1) is 7.84. The van der Waals surface area contributed by atoms with Crippen LogP contribution in [0.4, 0.5) is 4.79 Å². The van der Waals surface area contributed by atoms with E-state index in [-0.39, 0.29) is 0 Å². The molecule has 3 amide bonds. The van der Waals surface area contributed by atoms with Crippen LogP contribution in [0.3, 0.4) is 0 Å². The van der Waals surface area contributed by atoms with Gasteiger partial charge in [-0.2, -0.15) is 0 Å². The number of halogens is 1. The van der Waals surface area contributed by atoms with Gasteiger partial charge < -0.3 is 10.2 Å². The predicted octanol–water partition coefficient (Wildman–Crippen LogP) is 1.17. The van der Waals surface area contributed by atoms with Crippen LogP contribution in [0.1, 0.15) is 27.2 Å². The number of nitrogens with zero attached hydrogens (tertiary/aromatic N) is 1. The van der Waals surface area contributed by atoms with Crippen molar-refractivity contribution in [3.63, 3.8) is 0 Å². The molecule has 0 spiro atoms. The summed E-state index contributed by atoms with van der Waals surface area (Å²) in [7, 11) is 2.03. The summed E-state index contributed by atoms with van der Waals surface area (Å²) in [6, 6.07) is -0.00259. The normalized spacial score (nSPS) is 12.6. The van der Waals surface area contributed by atoms with Crippen molar-refractivity contribution in [2.24, 2.45) is 0 Å². The largest absolute Gasteiger partial charge is 0.338 e. The molecule has 0 aliphatic rings. The summed E-state index contributed by atoms with van der Waals surface area (Å²) >= 11 is 5.51. The Kier molecular flexibility index (Phi) is 7.91. The molecule has 0 rings (SSSR count). The van der Waals surface area contributed by atoms with Crippen LogP contribution >= 0.6 is 11.6 Å². The topological polar surface area (TPSA) is 61.4 Å². The van der Waals surface area contributed by atoms with Gasteiger partial charge in [0.25, 0.3) is 0 Å². The van der Waals surface area contributed by atoms with E-state index in [9.17, 15) is 9.59 Å². The maximum atomic E-state index is 11.2. The van der Waals surface area contributed by atoms with Gasteiger partial charge in [-0.1, -0.05) is 0 Å². The molecule has 0 radical (unpaired) electrons. The van der Waals surface area contributed by atoms with Crippen molar-refractivity contribution >= 4 is 23.5 Å². The minimum atomic E-state index is -0.701. The lowest BCUT2D eigenvalue weighted by molar-refractivity contribution is -0.119. The molecule has 0 aliphatic heterocycles. The van der Waals surface area contributed by atoms with Crippen molar-refractivity contribution in [1.29, 1.82) is 0 Å². The van der Waals surface area contributed by atoms with Gasteiger partial charge >= 0.3 is 6.03 Å². The number of carbonyl (C=O) groups excluding carboxylic acids is 2. The number of carbonyl (C=O) groups is 2. The lowest BCUT2D eigenvalue weighted by Crippen LogP contribution is -2.43. The Hall–Kier alpha value is -0.810. The van der Waals surface area contributed by atoms with Crippen LogP contribution in [0.5, 0.6) is 0 Å². The average Bonchev–Trinajstić information content (AvgIpc) is 2.23. The highest BCUT2D eigenvalue weighted by Gasteiger charge is 2.12. The van der Waals surface area contributed by atoms with Crippen LogP contribution < -0.4 is 10.6 Å². The first-order valence-corrected chi connectivity index (χ1v) is 6.21. The molecule has 0 aromatic heterocycles. The maximum Gasteiger partial charge on any atom is 0.321 e. The average molecular weight is 264 g/mol. The zero-order valence-corrected chi connectivity index (χ0v) is 11.7. The van der Waals surface area contributed by atoms with Crippen molar-refractivity contribution < 1.29 is 9.59 Å². The smallest absolute Gasteiger partial charge is 0.321 e. The first kappa shape index (κ1) is 16.2. The standard InChI is InChI=1S/C11H22ClN3O2/c1-8(2)15(4)7-5-6-13-11(17)14-10(16)9(3)12/h8-9H,5-7H2,1-4H3,(H2,13,14,16,17). The summed E-state index contributed by atoms with van der Waals surface area (Å²) in [4.78, 5) is 24.5. The number of nitrogens with one attached hydrogen (secondary N) is 2. The molecule has 0 heterocycles. The number of alkyl halides is 1. The third-order valence-corrected chi connectivity index (χ3v) is 2.65. The Labute approximate surface area is 108 Å². The second kappa shape index (κ2) is 8.31. The molecule has 0 aromatic carbocycles. The van der Waals surface area contributed by atoms with Crippen LogP contribution in [-0.4, -0.2) is 48.4 Å². The third kappa shape index (κ3) is 7.99. The van der Waals surface area contributed by atoms with Crippen molar-refractivity contribution in [3.8, 4) is 0 Å². The van der Waals surface area contributed by atoms with Crippen LogP contribution in [0.2, 0.25) is 0 Å². The minimum Gasteiger partial charge on any atom is -0.338 e.